The summed E-state index contributed by atoms with van der Waals surface area (Å²) < 4.78 is 49.0. The third-order valence-corrected chi connectivity index (χ3v) is 9.38. The Balaban J connectivity index is 1.33. The van der Waals surface area contributed by atoms with Gasteiger partial charge < -0.3 is 18.5 Å². The molecule has 0 N–H and O–H groups in total. The first-order valence-corrected chi connectivity index (χ1v) is 13.9. The number of rotatable bonds is 11. The first-order chi connectivity index (χ1) is 16.4. The predicted molar refractivity (Wildman–Crippen MR) is 132 cm³/mol. The lowest BCUT2D eigenvalue weighted by molar-refractivity contribution is 0.199. The standard InChI is InChI=1S/C27H36FO5P/c1-30-23-13-14-27(28)25(16-23)20-9-7-19(8-10-20)17-33-24-6-4-5-22(15-24)26(21-11-12-21)18-34(29,31-2)32-3/h4-6,13-16,19-21,26H,7-12,17-18H2,1-3H3. The number of hydrogen-bond acceptors (Lipinski definition) is 5. The van der Waals surface area contributed by atoms with Crippen LogP contribution in [0.2, 0.25) is 0 Å². The van der Waals surface area contributed by atoms with Gasteiger partial charge in [-0.2, -0.15) is 0 Å². The molecule has 0 aliphatic heterocycles. The molecule has 0 aromatic heterocycles. The fraction of sp³-hybridized carbons (Fsp3) is 0.556. The number of ether oxygens (including phenoxy) is 2. The molecule has 2 fully saturated rings. The molecule has 4 rings (SSSR count). The van der Waals surface area contributed by atoms with Crippen LogP contribution in [0, 0.1) is 17.7 Å². The van der Waals surface area contributed by atoms with Crippen LogP contribution in [-0.4, -0.2) is 34.1 Å². The van der Waals surface area contributed by atoms with Crippen LogP contribution in [0.3, 0.4) is 0 Å². The van der Waals surface area contributed by atoms with Crippen molar-refractivity contribution >= 4 is 7.60 Å². The SMILES string of the molecule is COc1ccc(F)c(C2CCC(COc3cccc(C(CP(=O)(OC)OC)C4CC4)c3)CC2)c1. The van der Waals surface area contributed by atoms with E-state index in [9.17, 15) is 8.96 Å². The monoisotopic (exact) mass is 490 g/mol. The van der Waals surface area contributed by atoms with Gasteiger partial charge in [0.25, 0.3) is 0 Å². The minimum Gasteiger partial charge on any atom is -0.497 e. The molecular weight excluding hydrogens is 454 g/mol. The van der Waals surface area contributed by atoms with Gasteiger partial charge in [0.15, 0.2) is 0 Å². The van der Waals surface area contributed by atoms with E-state index in [1.165, 1.54) is 20.3 Å². The summed E-state index contributed by atoms with van der Waals surface area (Å²) in [6.07, 6.45) is 6.59. The minimum absolute atomic E-state index is 0.141. The van der Waals surface area contributed by atoms with Crippen molar-refractivity contribution in [2.24, 2.45) is 11.8 Å². The summed E-state index contributed by atoms with van der Waals surface area (Å²) in [5, 5.41) is 0. The van der Waals surface area contributed by atoms with Crippen molar-refractivity contribution in [3.8, 4) is 11.5 Å². The maximum absolute atomic E-state index is 14.4. The zero-order chi connectivity index (χ0) is 24.1. The summed E-state index contributed by atoms with van der Waals surface area (Å²) >= 11 is 0. The molecule has 1 unspecified atom stereocenters. The highest BCUT2D eigenvalue weighted by atomic mass is 31.2. The van der Waals surface area contributed by atoms with Crippen LogP contribution in [0.1, 0.15) is 61.5 Å². The van der Waals surface area contributed by atoms with Crippen LogP contribution < -0.4 is 9.47 Å². The molecule has 0 radical (unpaired) electrons. The summed E-state index contributed by atoms with van der Waals surface area (Å²) in [5.41, 5.74) is 1.90. The Morgan fingerprint density at radius 1 is 0.941 bits per heavy atom. The van der Waals surface area contributed by atoms with Crippen LogP contribution >= 0.6 is 7.60 Å². The normalized spacial score (nSPS) is 21.8. The number of methoxy groups -OCH3 is 1. The van der Waals surface area contributed by atoms with Crippen molar-refractivity contribution in [3.05, 3.63) is 59.4 Å². The molecule has 2 aliphatic rings. The van der Waals surface area contributed by atoms with Crippen molar-refractivity contribution in [3.63, 3.8) is 0 Å². The Morgan fingerprint density at radius 3 is 2.32 bits per heavy atom. The van der Waals surface area contributed by atoms with Crippen molar-refractivity contribution in [1.82, 2.24) is 0 Å². The summed E-state index contributed by atoms with van der Waals surface area (Å²) in [7, 11) is 1.43. The quantitative estimate of drug-likeness (QED) is 0.313. The highest BCUT2D eigenvalue weighted by molar-refractivity contribution is 7.53. The van der Waals surface area contributed by atoms with E-state index in [4.69, 9.17) is 18.5 Å². The summed E-state index contributed by atoms with van der Waals surface area (Å²) in [6.45, 7) is 0.652. The molecule has 0 bridgehead atoms. The Bertz CT molecular complexity index is 992. The Kier molecular flexibility index (Phi) is 8.34. The third-order valence-electron chi connectivity index (χ3n) is 7.43. The maximum Gasteiger partial charge on any atom is 0.330 e. The van der Waals surface area contributed by atoms with Crippen LogP contribution in [0.5, 0.6) is 11.5 Å². The van der Waals surface area contributed by atoms with Crippen LogP contribution in [0.15, 0.2) is 42.5 Å². The van der Waals surface area contributed by atoms with Gasteiger partial charge in [0.1, 0.15) is 17.3 Å². The van der Waals surface area contributed by atoms with Gasteiger partial charge in [0.2, 0.25) is 0 Å². The van der Waals surface area contributed by atoms with E-state index >= 15 is 0 Å². The summed E-state index contributed by atoms with van der Waals surface area (Å²) in [5.74, 6) is 2.74. The molecule has 2 aromatic rings. The van der Waals surface area contributed by atoms with E-state index in [1.54, 1.807) is 13.2 Å². The molecule has 0 amide bonds. The van der Waals surface area contributed by atoms with Crippen molar-refractivity contribution in [2.75, 3.05) is 34.1 Å². The van der Waals surface area contributed by atoms with Gasteiger partial charge in [-0.3, -0.25) is 4.57 Å². The first-order valence-electron chi connectivity index (χ1n) is 12.2. The van der Waals surface area contributed by atoms with Gasteiger partial charge in [-0.25, -0.2) is 4.39 Å². The fourth-order valence-electron chi connectivity index (χ4n) is 5.14. The van der Waals surface area contributed by atoms with E-state index in [1.807, 2.05) is 18.2 Å². The first kappa shape index (κ1) is 25.2. The van der Waals surface area contributed by atoms with Crippen molar-refractivity contribution in [2.45, 2.75) is 50.4 Å². The van der Waals surface area contributed by atoms with Crippen LogP contribution in [-0.2, 0) is 13.6 Å². The molecule has 0 spiro atoms. The molecule has 2 saturated carbocycles. The molecule has 7 heteroatoms. The minimum atomic E-state index is -3.08. The number of hydrogen-bond donors (Lipinski definition) is 0. The van der Waals surface area contributed by atoms with E-state index in [2.05, 4.69) is 12.1 Å². The average molecular weight is 491 g/mol. The molecule has 0 saturated heterocycles. The second-order valence-electron chi connectivity index (χ2n) is 9.59. The molecule has 34 heavy (non-hydrogen) atoms. The van der Waals surface area contributed by atoms with Crippen LogP contribution in [0.25, 0.3) is 0 Å². The van der Waals surface area contributed by atoms with Gasteiger partial charge in [-0.15, -0.1) is 0 Å². The largest absolute Gasteiger partial charge is 0.497 e. The third kappa shape index (κ3) is 6.21. The molecular formula is C27H36FO5P. The zero-order valence-electron chi connectivity index (χ0n) is 20.4. The van der Waals surface area contributed by atoms with E-state index < -0.39 is 7.60 Å². The Hall–Kier alpha value is -1.88. The molecule has 1 atom stereocenters. The van der Waals surface area contributed by atoms with E-state index in [0.29, 0.717) is 30.4 Å². The lowest BCUT2D eigenvalue weighted by Gasteiger charge is -2.29. The second kappa shape index (κ2) is 11.2. The van der Waals surface area contributed by atoms with Crippen molar-refractivity contribution < 1.29 is 27.5 Å². The Labute approximate surface area is 202 Å². The summed E-state index contributed by atoms with van der Waals surface area (Å²) in [4.78, 5) is 0. The fourth-order valence-corrected chi connectivity index (χ4v) is 6.58. The number of benzene rings is 2. The van der Waals surface area contributed by atoms with E-state index in [0.717, 1.165) is 55.4 Å². The Morgan fingerprint density at radius 2 is 1.68 bits per heavy atom. The molecule has 5 nitrogen and oxygen atoms in total. The zero-order valence-corrected chi connectivity index (χ0v) is 21.3. The highest BCUT2D eigenvalue weighted by Gasteiger charge is 2.38. The topological polar surface area (TPSA) is 54.0 Å². The van der Waals surface area contributed by atoms with Gasteiger partial charge in [0, 0.05) is 14.2 Å². The molecule has 186 valence electrons. The molecule has 0 heterocycles. The van der Waals surface area contributed by atoms with E-state index in [-0.39, 0.29) is 17.7 Å². The van der Waals surface area contributed by atoms with Crippen LogP contribution in [0.4, 0.5) is 4.39 Å². The summed E-state index contributed by atoms with van der Waals surface area (Å²) in [6, 6.07) is 13.2. The highest BCUT2D eigenvalue weighted by Crippen LogP contribution is 2.55. The lowest BCUT2D eigenvalue weighted by Crippen LogP contribution is -2.20. The van der Waals surface area contributed by atoms with Crippen molar-refractivity contribution in [1.29, 1.82) is 0 Å². The van der Waals surface area contributed by atoms with Gasteiger partial charge in [-0.1, -0.05) is 12.1 Å². The predicted octanol–water partition coefficient (Wildman–Crippen LogP) is 7.17. The van der Waals surface area contributed by atoms with Gasteiger partial charge in [-0.05, 0) is 104 Å². The molecule has 2 aromatic carbocycles. The van der Waals surface area contributed by atoms with Gasteiger partial charge in [0.05, 0.1) is 19.9 Å². The second-order valence-corrected chi connectivity index (χ2v) is 11.9. The smallest absolute Gasteiger partial charge is 0.330 e. The number of halogens is 1. The maximum atomic E-state index is 14.4. The lowest BCUT2D eigenvalue weighted by atomic mass is 9.79. The average Bonchev–Trinajstić information content (AvgIpc) is 3.72. The molecule has 2 aliphatic carbocycles. The van der Waals surface area contributed by atoms with Gasteiger partial charge >= 0.3 is 7.60 Å².